The molecule has 4 heteroatoms. The second-order valence-electron chi connectivity index (χ2n) is 2.98. The van der Waals surface area contributed by atoms with E-state index in [1.54, 1.807) is 6.92 Å². The van der Waals surface area contributed by atoms with Crippen LogP contribution in [0.15, 0.2) is 0 Å². The van der Waals surface area contributed by atoms with Crippen molar-refractivity contribution in [3.8, 4) is 0 Å². The fourth-order valence-corrected chi connectivity index (χ4v) is 0.972. The van der Waals surface area contributed by atoms with Crippen molar-refractivity contribution in [3.63, 3.8) is 0 Å². The molecule has 0 fully saturated rings. The van der Waals surface area contributed by atoms with E-state index >= 15 is 0 Å². The second-order valence-corrected chi connectivity index (χ2v) is 2.98. The molecule has 0 aromatic heterocycles. The maximum absolute atomic E-state index is 10.2. The van der Waals surface area contributed by atoms with Crippen molar-refractivity contribution in [3.05, 3.63) is 10.1 Å². The Morgan fingerprint density at radius 2 is 1.92 bits per heavy atom. The highest BCUT2D eigenvalue weighted by Gasteiger charge is 2.10. The van der Waals surface area contributed by atoms with E-state index in [0.717, 1.165) is 19.3 Å². The molecule has 0 aromatic rings. The van der Waals surface area contributed by atoms with Gasteiger partial charge in [0.05, 0.1) is 0 Å². The fourth-order valence-electron chi connectivity index (χ4n) is 0.972. The van der Waals surface area contributed by atoms with Crippen molar-refractivity contribution >= 4 is 0 Å². The summed E-state index contributed by atoms with van der Waals surface area (Å²) in [6.07, 6.45) is 5.24. The highest BCUT2D eigenvalue weighted by molar-refractivity contribution is 4.49. The summed E-state index contributed by atoms with van der Waals surface area (Å²) in [6.45, 7) is 3.81. The second kappa shape index (κ2) is 8.46. The van der Waals surface area contributed by atoms with Crippen molar-refractivity contribution < 1.29 is 4.92 Å². The Labute approximate surface area is 74.1 Å². The first-order valence-electron chi connectivity index (χ1n) is 4.32. The van der Waals surface area contributed by atoms with Crippen LogP contribution in [0.25, 0.3) is 0 Å². The zero-order chi connectivity index (χ0) is 8.69. The van der Waals surface area contributed by atoms with E-state index in [9.17, 15) is 10.1 Å². The van der Waals surface area contributed by atoms with Crippen molar-refractivity contribution in [1.29, 1.82) is 0 Å². The molecule has 0 radical (unpaired) electrons. The van der Waals surface area contributed by atoms with E-state index in [0.29, 0.717) is 0 Å². The molecule has 0 bridgehead atoms. The van der Waals surface area contributed by atoms with Crippen LogP contribution in [0, 0.1) is 10.1 Å². The minimum absolute atomic E-state index is 0. The van der Waals surface area contributed by atoms with Gasteiger partial charge in [0.15, 0.2) is 0 Å². The zero-order valence-corrected chi connectivity index (χ0v) is 8.08. The van der Waals surface area contributed by atoms with Crippen molar-refractivity contribution in [2.45, 2.75) is 52.0 Å². The van der Waals surface area contributed by atoms with Gasteiger partial charge in [0.1, 0.15) is 0 Å². The summed E-state index contributed by atoms with van der Waals surface area (Å²) >= 11 is 0. The lowest BCUT2D eigenvalue weighted by molar-refractivity contribution is -0.519. The smallest absolute Gasteiger partial charge is 0.210 e. The molecule has 0 saturated heterocycles. The highest BCUT2D eigenvalue weighted by atomic mass is 16.6. The Kier molecular flexibility index (Phi) is 9.81. The van der Waals surface area contributed by atoms with E-state index in [4.69, 9.17) is 0 Å². The quantitative estimate of drug-likeness (QED) is 0.384. The van der Waals surface area contributed by atoms with Crippen LogP contribution in [-0.4, -0.2) is 11.0 Å². The Balaban J connectivity index is 0. The third-order valence-corrected chi connectivity index (χ3v) is 1.84. The van der Waals surface area contributed by atoms with Gasteiger partial charge in [-0.1, -0.05) is 26.2 Å². The molecule has 0 amide bonds. The molecule has 0 saturated carbocycles. The molecule has 0 aliphatic heterocycles. The van der Waals surface area contributed by atoms with Crippen LogP contribution in [0.3, 0.4) is 0 Å². The summed E-state index contributed by atoms with van der Waals surface area (Å²) in [5.74, 6) is 0. The molecule has 0 aromatic carbocycles. The van der Waals surface area contributed by atoms with E-state index in [-0.39, 0.29) is 17.1 Å². The van der Waals surface area contributed by atoms with E-state index < -0.39 is 0 Å². The molecule has 12 heavy (non-hydrogen) atoms. The summed E-state index contributed by atoms with van der Waals surface area (Å²) in [6, 6.07) is -0.355. The molecule has 0 spiro atoms. The number of rotatable bonds is 6. The molecule has 1 atom stereocenters. The summed E-state index contributed by atoms with van der Waals surface area (Å²) in [5, 5.41) is 10.2. The average Bonchev–Trinajstić information content (AvgIpc) is 1.97. The van der Waals surface area contributed by atoms with Gasteiger partial charge in [-0.15, -0.1) is 0 Å². The molecule has 74 valence electrons. The number of unbranched alkanes of at least 4 members (excludes halogenated alkanes) is 3. The van der Waals surface area contributed by atoms with Crippen LogP contribution in [0.1, 0.15) is 46.0 Å². The lowest BCUT2D eigenvalue weighted by atomic mass is 10.1. The van der Waals surface area contributed by atoms with Gasteiger partial charge in [0.2, 0.25) is 6.04 Å². The minimum Gasteiger partial charge on any atom is -0.344 e. The largest absolute Gasteiger partial charge is 0.344 e. The molecule has 1 unspecified atom stereocenters. The highest BCUT2D eigenvalue weighted by Crippen LogP contribution is 2.06. The average molecular weight is 176 g/mol. The third-order valence-electron chi connectivity index (χ3n) is 1.84. The van der Waals surface area contributed by atoms with Crippen LogP contribution in [0.2, 0.25) is 0 Å². The number of nitrogens with zero attached hydrogens (tertiary/aromatic N) is 1. The number of hydrogen-bond donors (Lipinski definition) is 1. The first-order valence-corrected chi connectivity index (χ1v) is 4.32. The molecular weight excluding hydrogens is 156 g/mol. The van der Waals surface area contributed by atoms with Gasteiger partial charge in [-0.25, -0.2) is 0 Å². The topological polar surface area (TPSA) is 78.1 Å². The van der Waals surface area contributed by atoms with Gasteiger partial charge in [-0.3, -0.25) is 10.1 Å². The standard InChI is InChI=1S/C8H17NO2.H3N/c1-3-4-5-6-7-8(2)9(10)11;/h8H,3-7H2,1-2H3;1H3. The van der Waals surface area contributed by atoms with Crippen LogP contribution < -0.4 is 6.15 Å². The Morgan fingerprint density at radius 3 is 2.33 bits per heavy atom. The first kappa shape index (κ1) is 13.9. The minimum atomic E-state index is -0.355. The van der Waals surface area contributed by atoms with E-state index in [1.165, 1.54) is 12.8 Å². The van der Waals surface area contributed by atoms with Gasteiger partial charge >= 0.3 is 0 Å². The summed E-state index contributed by atoms with van der Waals surface area (Å²) in [4.78, 5) is 9.97. The molecule has 4 nitrogen and oxygen atoms in total. The summed E-state index contributed by atoms with van der Waals surface area (Å²) in [7, 11) is 0. The molecule has 0 aliphatic carbocycles. The van der Waals surface area contributed by atoms with Crippen molar-refractivity contribution in [1.82, 2.24) is 6.15 Å². The number of hydrogen-bond acceptors (Lipinski definition) is 3. The van der Waals surface area contributed by atoms with Crippen LogP contribution in [0.4, 0.5) is 0 Å². The fraction of sp³-hybridized carbons (Fsp3) is 1.00. The maximum atomic E-state index is 10.2. The van der Waals surface area contributed by atoms with Crippen LogP contribution >= 0.6 is 0 Å². The normalized spacial score (nSPS) is 11.8. The molecule has 0 rings (SSSR count). The van der Waals surface area contributed by atoms with Gasteiger partial charge in [-0.2, -0.15) is 0 Å². The van der Waals surface area contributed by atoms with E-state index in [2.05, 4.69) is 6.92 Å². The Bertz CT molecular complexity index is 118. The lowest BCUT2D eigenvalue weighted by Crippen LogP contribution is -2.14. The van der Waals surface area contributed by atoms with Gasteiger partial charge in [-0.05, 0) is 6.42 Å². The number of nitro groups is 1. The van der Waals surface area contributed by atoms with Gasteiger partial charge < -0.3 is 6.15 Å². The van der Waals surface area contributed by atoms with Crippen LogP contribution in [-0.2, 0) is 0 Å². The molecule has 0 aliphatic rings. The Hall–Kier alpha value is -0.640. The molecule has 3 N–H and O–H groups in total. The van der Waals surface area contributed by atoms with E-state index in [1.807, 2.05) is 0 Å². The lowest BCUT2D eigenvalue weighted by Gasteiger charge is -2.01. The summed E-state index contributed by atoms with van der Waals surface area (Å²) in [5.41, 5.74) is 0. The summed E-state index contributed by atoms with van der Waals surface area (Å²) < 4.78 is 0. The molecule has 0 heterocycles. The monoisotopic (exact) mass is 176 g/mol. The third kappa shape index (κ3) is 7.47. The molecular formula is C8H20N2O2. The predicted molar refractivity (Wildman–Crippen MR) is 50.2 cm³/mol. The maximum Gasteiger partial charge on any atom is 0.210 e. The predicted octanol–water partition coefficient (Wildman–Crippen LogP) is 2.78. The first-order chi connectivity index (χ1) is 5.18. The SMILES string of the molecule is CCCCCCC(C)[N+](=O)[O-].N. The van der Waals surface area contributed by atoms with Crippen molar-refractivity contribution in [2.75, 3.05) is 0 Å². The van der Waals surface area contributed by atoms with Crippen LogP contribution in [0.5, 0.6) is 0 Å². The van der Waals surface area contributed by atoms with Gasteiger partial charge in [0.25, 0.3) is 0 Å². The van der Waals surface area contributed by atoms with Gasteiger partial charge in [0, 0.05) is 18.3 Å². The van der Waals surface area contributed by atoms with Crippen molar-refractivity contribution in [2.24, 2.45) is 0 Å². The zero-order valence-electron chi connectivity index (χ0n) is 8.08. The Morgan fingerprint density at radius 1 is 1.33 bits per heavy atom.